The van der Waals surface area contributed by atoms with E-state index in [4.69, 9.17) is 22.4 Å². The number of nitrogens with zero attached hydrogens (tertiary/aromatic N) is 1. The number of alkyl halides is 2. The highest BCUT2D eigenvalue weighted by Crippen LogP contribution is 2.36. The zero-order chi connectivity index (χ0) is 14.3. The molecule has 2 aromatic rings. The maximum atomic E-state index is 13.0. The van der Waals surface area contributed by atoms with E-state index >= 15 is 0 Å². The Balaban J connectivity index is 2.82. The van der Waals surface area contributed by atoms with Crippen molar-refractivity contribution >= 4 is 34.2 Å². The van der Waals surface area contributed by atoms with E-state index in [1.165, 1.54) is 25.1 Å². The first kappa shape index (κ1) is 13.6. The number of hydrogen-bond acceptors (Lipinski definition) is 2. The molecule has 3 N–H and O–H groups in total. The summed E-state index contributed by atoms with van der Waals surface area (Å²) in [5, 5.41) is 9.49. The van der Waals surface area contributed by atoms with E-state index < -0.39 is 24.1 Å². The average molecular weight is 289 g/mol. The number of anilines is 1. The number of aromatic nitrogens is 1. The Hall–Kier alpha value is -1.82. The van der Waals surface area contributed by atoms with Crippen molar-refractivity contribution in [1.29, 1.82) is 0 Å². The number of rotatable bonds is 3. The number of benzene rings is 1. The molecule has 0 aliphatic rings. The van der Waals surface area contributed by atoms with Crippen LogP contribution in [0.4, 0.5) is 14.5 Å². The lowest BCUT2D eigenvalue weighted by Crippen LogP contribution is -2.17. The van der Waals surface area contributed by atoms with Crippen molar-refractivity contribution in [2.75, 3.05) is 5.73 Å². The van der Waals surface area contributed by atoms with Crippen molar-refractivity contribution in [3.05, 3.63) is 28.9 Å². The van der Waals surface area contributed by atoms with Gasteiger partial charge in [0.05, 0.1) is 21.9 Å². The molecule has 0 bridgehead atoms. The first-order chi connectivity index (χ1) is 8.84. The van der Waals surface area contributed by atoms with Crippen LogP contribution in [0.1, 0.15) is 25.1 Å². The van der Waals surface area contributed by atoms with Crippen molar-refractivity contribution in [1.82, 2.24) is 4.57 Å². The van der Waals surface area contributed by atoms with Crippen LogP contribution in [0, 0.1) is 0 Å². The molecule has 0 aliphatic carbocycles. The van der Waals surface area contributed by atoms with Gasteiger partial charge in [0.1, 0.15) is 6.04 Å². The van der Waals surface area contributed by atoms with Gasteiger partial charge in [-0.2, -0.15) is 0 Å². The van der Waals surface area contributed by atoms with Crippen molar-refractivity contribution < 1.29 is 18.7 Å². The van der Waals surface area contributed by atoms with E-state index in [1.54, 1.807) is 0 Å². The highest BCUT2D eigenvalue weighted by Gasteiger charge is 2.25. The van der Waals surface area contributed by atoms with E-state index in [2.05, 4.69) is 0 Å². The standard InChI is InChI=1S/C12H11ClF2N2O2/c1-5(12(18)19)17-8-3-2-7(16)10(13)6(8)4-9(17)11(14)15/h2-5,11H,16H2,1H3,(H,18,19). The molecule has 0 amide bonds. The molecule has 0 radical (unpaired) electrons. The fraction of sp³-hybridized carbons (Fsp3) is 0.250. The van der Waals surface area contributed by atoms with Gasteiger partial charge in [-0.05, 0) is 25.1 Å². The predicted octanol–water partition coefficient (Wildman–Crippen LogP) is 3.46. The topological polar surface area (TPSA) is 68.2 Å². The van der Waals surface area contributed by atoms with Crippen LogP contribution in [0.25, 0.3) is 10.9 Å². The summed E-state index contributed by atoms with van der Waals surface area (Å²) in [7, 11) is 0. The zero-order valence-corrected chi connectivity index (χ0v) is 10.7. The lowest BCUT2D eigenvalue weighted by Gasteiger charge is -2.14. The van der Waals surface area contributed by atoms with Gasteiger partial charge in [-0.15, -0.1) is 0 Å². The Morgan fingerprint density at radius 3 is 2.63 bits per heavy atom. The molecule has 4 nitrogen and oxygen atoms in total. The Morgan fingerprint density at radius 1 is 1.47 bits per heavy atom. The van der Waals surface area contributed by atoms with Gasteiger partial charge < -0.3 is 15.4 Å². The van der Waals surface area contributed by atoms with Crippen LogP contribution >= 0.6 is 11.6 Å². The molecule has 2 rings (SSSR count). The fourth-order valence-corrected chi connectivity index (χ4v) is 2.23. The summed E-state index contributed by atoms with van der Waals surface area (Å²) in [6.07, 6.45) is -2.80. The third-order valence-electron chi connectivity index (χ3n) is 2.98. The minimum Gasteiger partial charge on any atom is -0.480 e. The molecule has 0 fully saturated rings. The molecule has 0 saturated heterocycles. The van der Waals surface area contributed by atoms with Gasteiger partial charge in [0.15, 0.2) is 0 Å². The molecule has 0 spiro atoms. The molecule has 1 aromatic heterocycles. The minimum absolute atomic E-state index is 0.149. The monoisotopic (exact) mass is 288 g/mol. The number of nitrogen functional groups attached to an aromatic ring is 1. The maximum Gasteiger partial charge on any atom is 0.326 e. The summed E-state index contributed by atoms with van der Waals surface area (Å²) >= 11 is 5.97. The van der Waals surface area contributed by atoms with Gasteiger partial charge in [0.25, 0.3) is 6.43 Å². The van der Waals surface area contributed by atoms with E-state index in [-0.39, 0.29) is 10.7 Å². The number of halogens is 3. The second-order valence-electron chi connectivity index (χ2n) is 4.16. The Morgan fingerprint density at radius 2 is 2.11 bits per heavy atom. The molecule has 1 unspecified atom stereocenters. The van der Waals surface area contributed by atoms with Crippen molar-refractivity contribution in [2.45, 2.75) is 19.4 Å². The molecule has 1 atom stereocenters. The van der Waals surface area contributed by atoms with E-state index in [9.17, 15) is 13.6 Å². The maximum absolute atomic E-state index is 13.0. The molecule has 102 valence electrons. The fourth-order valence-electron chi connectivity index (χ4n) is 2.01. The Kier molecular flexibility index (Phi) is 3.36. The smallest absolute Gasteiger partial charge is 0.326 e. The zero-order valence-electron chi connectivity index (χ0n) is 9.90. The number of aliphatic carboxylic acids is 1. The van der Waals surface area contributed by atoms with E-state index in [0.717, 1.165) is 4.57 Å². The summed E-state index contributed by atoms with van der Waals surface area (Å²) in [5.41, 5.74) is 5.80. The average Bonchev–Trinajstić information content (AvgIpc) is 2.72. The molecule has 1 heterocycles. The summed E-state index contributed by atoms with van der Waals surface area (Å²) in [5.74, 6) is -1.20. The number of carboxylic acids is 1. The number of hydrogen-bond donors (Lipinski definition) is 2. The summed E-state index contributed by atoms with van der Waals surface area (Å²) in [4.78, 5) is 11.0. The van der Waals surface area contributed by atoms with Crippen LogP contribution in [0.5, 0.6) is 0 Å². The first-order valence-corrected chi connectivity index (χ1v) is 5.82. The molecular weight excluding hydrogens is 278 g/mol. The number of nitrogens with two attached hydrogens (primary N) is 1. The Labute approximate surface area is 112 Å². The van der Waals surface area contributed by atoms with Gasteiger partial charge >= 0.3 is 5.97 Å². The van der Waals surface area contributed by atoms with Gasteiger partial charge in [-0.1, -0.05) is 11.6 Å². The largest absolute Gasteiger partial charge is 0.480 e. The van der Waals surface area contributed by atoms with Crippen LogP contribution in [0.2, 0.25) is 5.02 Å². The van der Waals surface area contributed by atoms with Crippen LogP contribution < -0.4 is 5.73 Å². The summed E-state index contributed by atoms with van der Waals surface area (Å²) < 4.78 is 27.1. The number of carboxylic acid groups (broad SMARTS) is 1. The molecule has 1 aromatic carbocycles. The Bertz CT molecular complexity index is 655. The van der Waals surface area contributed by atoms with Crippen molar-refractivity contribution in [3.63, 3.8) is 0 Å². The highest BCUT2D eigenvalue weighted by molar-refractivity contribution is 6.38. The van der Waals surface area contributed by atoms with Crippen LogP contribution in [0.3, 0.4) is 0 Å². The molecular formula is C12H11ClF2N2O2. The normalized spacial score (nSPS) is 13.1. The van der Waals surface area contributed by atoms with Crippen LogP contribution in [-0.2, 0) is 4.79 Å². The minimum atomic E-state index is -2.80. The van der Waals surface area contributed by atoms with Gasteiger partial charge in [-0.25, -0.2) is 13.6 Å². The van der Waals surface area contributed by atoms with E-state index in [1.807, 2.05) is 0 Å². The second kappa shape index (κ2) is 4.70. The molecule has 19 heavy (non-hydrogen) atoms. The molecule has 0 saturated carbocycles. The molecule has 7 heteroatoms. The lowest BCUT2D eigenvalue weighted by molar-refractivity contribution is -0.140. The van der Waals surface area contributed by atoms with Crippen molar-refractivity contribution in [2.24, 2.45) is 0 Å². The third kappa shape index (κ3) is 2.12. The number of carbonyl (C=O) groups is 1. The molecule has 0 aliphatic heterocycles. The first-order valence-electron chi connectivity index (χ1n) is 5.44. The SMILES string of the molecule is CC(C(=O)O)n1c(C(F)F)cc2c(Cl)c(N)ccc21. The number of fused-ring (bicyclic) bond motifs is 1. The van der Waals surface area contributed by atoms with Gasteiger partial charge in [-0.3, -0.25) is 0 Å². The van der Waals surface area contributed by atoms with Gasteiger partial charge in [0.2, 0.25) is 0 Å². The lowest BCUT2D eigenvalue weighted by atomic mass is 10.2. The van der Waals surface area contributed by atoms with Crippen LogP contribution in [0.15, 0.2) is 18.2 Å². The highest BCUT2D eigenvalue weighted by atomic mass is 35.5. The third-order valence-corrected chi connectivity index (χ3v) is 3.41. The summed E-state index contributed by atoms with van der Waals surface area (Å²) in [6, 6.07) is 3.01. The quantitative estimate of drug-likeness (QED) is 0.850. The predicted molar refractivity (Wildman–Crippen MR) is 68.7 cm³/mol. The van der Waals surface area contributed by atoms with Gasteiger partial charge in [0, 0.05) is 5.39 Å². The van der Waals surface area contributed by atoms with Crippen molar-refractivity contribution in [3.8, 4) is 0 Å². The van der Waals surface area contributed by atoms with E-state index in [0.29, 0.717) is 10.9 Å². The van der Waals surface area contributed by atoms with Crippen LogP contribution in [-0.4, -0.2) is 15.6 Å². The second-order valence-corrected chi connectivity index (χ2v) is 4.53. The summed E-state index contributed by atoms with van der Waals surface area (Å²) in [6.45, 7) is 1.33.